The molecule has 4 aromatic rings. The number of nitrogens with zero attached hydrogens (tertiary/aromatic N) is 3. The number of hydrogen-bond acceptors (Lipinski definition) is 4. The van der Waals surface area contributed by atoms with E-state index in [2.05, 4.69) is 9.97 Å². The highest BCUT2D eigenvalue weighted by atomic mass is 19.1. The van der Waals surface area contributed by atoms with Crippen LogP contribution in [-0.2, 0) is 0 Å². The van der Waals surface area contributed by atoms with Crippen LogP contribution in [0.2, 0.25) is 0 Å². The number of aromatic nitrogens is 3. The van der Waals surface area contributed by atoms with Crippen molar-refractivity contribution in [2.75, 3.05) is 7.11 Å². The van der Waals surface area contributed by atoms with Crippen molar-refractivity contribution in [3.63, 3.8) is 0 Å². The fourth-order valence-corrected chi connectivity index (χ4v) is 2.93. The third-order valence-corrected chi connectivity index (χ3v) is 4.36. The summed E-state index contributed by atoms with van der Waals surface area (Å²) >= 11 is 0. The lowest BCUT2D eigenvalue weighted by atomic mass is 10.1. The zero-order valence-electron chi connectivity index (χ0n) is 15.0. The predicted molar refractivity (Wildman–Crippen MR) is 103 cm³/mol. The summed E-state index contributed by atoms with van der Waals surface area (Å²) in [6.45, 7) is 0. The Balaban J connectivity index is 1.65. The number of hydrogen-bond donors (Lipinski definition) is 0. The summed E-state index contributed by atoms with van der Waals surface area (Å²) in [5, 5.41) is 0. The van der Waals surface area contributed by atoms with E-state index in [1.807, 2.05) is 24.3 Å². The zero-order chi connectivity index (χ0) is 19.5. The van der Waals surface area contributed by atoms with Gasteiger partial charge in [-0.25, -0.2) is 9.97 Å². The minimum atomic E-state index is -0.529. The molecule has 0 saturated carbocycles. The molecule has 0 bridgehead atoms. The van der Waals surface area contributed by atoms with Gasteiger partial charge in [0.15, 0.2) is 0 Å². The Hall–Kier alpha value is -3.80. The maximum atomic E-state index is 14.0. The Kier molecular flexibility index (Phi) is 4.68. The molecule has 0 spiro atoms. The molecule has 2 aromatic heterocycles. The molecule has 0 aliphatic carbocycles. The van der Waals surface area contributed by atoms with Crippen molar-refractivity contribution in [3.05, 3.63) is 96.6 Å². The van der Waals surface area contributed by atoms with Crippen molar-refractivity contribution in [2.24, 2.45) is 0 Å². The molecule has 2 heterocycles. The second-order valence-corrected chi connectivity index (χ2v) is 6.12. The minimum absolute atomic E-state index is 0.202. The number of imidazole rings is 1. The molecule has 6 heteroatoms. The molecule has 138 valence electrons. The lowest BCUT2D eigenvalue weighted by Crippen LogP contribution is -2.02. The molecule has 0 fully saturated rings. The highest BCUT2D eigenvalue weighted by Gasteiger charge is 2.14. The number of carbonyl (C=O) groups is 1. The number of methoxy groups -OCH3 is 1. The molecule has 0 amide bonds. The van der Waals surface area contributed by atoms with Crippen LogP contribution in [0.25, 0.3) is 16.8 Å². The monoisotopic (exact) mass is 373 g/mol. The number of rotatable bonds is 5. The smallest absolute Gasteiger partial charge is 0.220 e. The number of halogens is 1. The van der Waals surface area contributed by atoms with Crippen molar-refractivity contribution in [3.8, 4) is 22.6 Å². The average Bonchev–Trinajstić information content (AvgIpc) is 3.24. The Labute approximate surface area is 161 Å². The first kappa shape index (κ1) is 17.6. The molecule has 0 radical (unpaired) electrons. The van der Waals surface area contributed by atoms with Crippen molar-refractivity contribution < 1.29 is 13.9 Å². The van der Waals surface area contributed by atoms with Gasteiger partial charge in [-0.15, -0.1) is 0 Å². The summed E-state index contributed by atoms with van der Waals surface area (Å²) in [5.41, 5.74) is 2.68. The molecule has 0 N–H and O–H groups in total. The molecular weight excluding hydrogens is 357 g/mol. The van der Waals surface area contributed by atoms with Gasteiger partial charge in [0.1, 0.15) is 17.8 Å². The molecular formula is C22H16FN3O2. The highest BCUT2D eigenvalue weighted by Crippen LogP contribution is 2.24. The van der Waals surface area contributed by atoms with E-state index in [9.17, 15) is 9.18 Å². The Morgan fingerprint density at radius 3 is 2.71 bits per heavy atom. The summed E-state index contributed by atoms with van der Waals surface area (Å²) in [5.74, 6) is -0.122. The van der Waals surface area contributed by atoms with Crippen LogP contribution >= 0.6 is 0 Å². The first-order chi connectivity index (χ1) is 13.7. The summed E-state index contributed by atoms with van der Waals surface area (Å²) in [6.07, 6.45) is 4.63. The van der Waals surface area contributed by atoms with E-state index in [1.165, 1.54) is 6.20 Å². The van der Waals surface area contributed by atoms with Gasteiger partial charge >= 0.3 is 0 Å². The van der Waals surface area contributed by atoms with Crippen LogP contribution in [-0.4, -0.2) is 27.4 Å². The molecule has 4 rings (SSSR count). The lowest BCUT2D eigenvalue weighted by molar-refractivity contribution is 0.103. The number of benzene rings is 2. The van der Waals surface area contributed by atoms with Crippen LogP contribution in [0.5, 0.6) is 5.75 Å². The van der Waals surface area contributed by atoms with E-state index in [4.69, 9.17) is 4.74 Å². The molecule has 0 saturated heterocycles. The van der Waals surface area contributed by atoms with Crippen LogP contribution < -0.4 is 4.74 Å². The quantitative estimate of drug-likeness (QED) is 0.386. The fraction of sp³-hybridized carbons (Fsp3) is 0.0455. The lowest BCUT2D eigenvalue weighted by Gasteiger charge is -2.06. The van der Waals surface area contributed by atoms with Gasteiger partial charge in [-0.3, -0.25) is 4.79 Å². The maximum absolute atomic E-state index is 14.0. The van der Waals surface area contributed by atoms with E-state index in [0.717, 1.165) is 5.69 Å². The van der Waals surface area contributed by atoms with E-state index in [1.54, 1.807) is 60.6 Å². The minimum Gasteiger partial charge on any atom is -0.497 e. The molecule has 0 aliphatic rings. The molecule has 28 heavy (non-hydrogen) atoms. The van der Waals surface area contributed by atoms with Crippen LogP contribution in [0.3, 0.4) is 0 Å². The molecule has 0 unspecified atom stereocenters. The van der Waals surface area contributed by atoms with Gasteiger partial charge in [-0.2, -0.15) is 4.39 Å². The third-order valence-electron chi connectivity index (χ3n) is 4.36. The van der Waals surface area contributed by atoms with Gasteiger partial charge in [0.2, 0.25) is 11.7 Å². The first-order valence-corrected chi connectivity index (χ1v) is 8.60. The van der Waals surface area contributed by atoms with Gasteiger partial charge in [0.25, 0.3) is 0 Å². The van der Waals surface area contributed by atoms with Crippen LogP contribution in [0.4, 0.5) is 4.39 Å². The molecule has 0 atom stereocenters. The third kappa shape index (κ3) is 3.40. The van der Waals surface area contributed by atoms with Crippen LogP contribution in [0, 0.1) is 5.95 Å². The average molecular weight is 373 g/mol. The molecule has 2 aromatic carbocycles. The number of carbonyl (C=O) groups excluding carboxylic acids is 1. The number of pyridine rings is 1. The SMILES string of the molecule is COc1cccc(C(=O)c2cn(-c3cccc(-c4cccnc4F)c3)cn2)c1. The predicted octanol–water partition coefficient (Wildman–Crippen LogP) is 4.31. The Bertz CT molecular complexity index is 1150. The second-order valence-electron chi connectivity index (χ2n) is 6.12. The van der Waals surface area contributed by atoms with E-state index in [-0.39, 0.29) is 5.78 Å². The zero-order valence-corrected chi connectivity index (χ0v) is 15.0. The van der Waals surface area contributed by atoms with Crippen molar-refractivity contribution in [1.29, 1.82) is 0 Å². The summed E-state index contributed by atoms with van der Waals surface area (Å²) in [6, 6.07) is 17.6. The van der Waals surface area contributed by atoms with Gasteiger partial charge in [0, 0.05) is 29.2 Å². The largest absolute Gasteiger partial charge is 0.497 e. The Morgan fingerprint density at radius 2 is 1.89 bits per heavy atom. The van der Waals surface area contributed by atoms with E-state index in [0.29, 0.717) is 28.1 Å². The van der Waals surface area contributed by atoms with Crippen molar-refractivity contribution in [1.82, 2.24) is 14.5 Å². The van der Waals surface area contributed by atoms with Crippen molar-refractivity contribution in [2.45, 2.75) is 0 Å². The van der Waals surface area contributed by atoms with Crippen LogP contribution in [0.15, 0.2) is 79.4 Å². The van der Waals surface area contributed by atoms with Gasteiger partial charge < -0.3 is 9.30 Å². The summed E-state index contributed by atoms with van der Waals surface area (Å²) in [7, 11) is 1.55. The highest BCUT2D eigenvalue weighted by molar-refractivity contribution is 6.07. The van der Waals surface area contributed by atoms with Crippen LogP contribution in [0.1, 0.15) is 16.1 Å². The van der Waals surface area contributed by atoms with Gasteiger partial charge in [-0.1, -0.05) is 24.3 Å². The number of ether oxygens (including phenoxy) is 1. The van der Waals surface area contributed by atoms with Gasteiger partial charge in [-0.05, 0) is 42.0 Å². The molecule has 5 nitrogen and oxygen atoms in total. The molecule has 0 aliphatic heterocycles. The van der Waals surface area contributed by atoms with Crippen molar-refractivity contribution >= 4 is 5.78 Å². The van der Waals surface area contributed by atoms with E-state index >= 15 is 0 Å². The topological polar surface area (TPSA) is 57.0 Å². The fourth-order valence-electron chi connectivity index (χ4n) is 2.93. The Morgan fingerprint density at radius 1 is 1.04 bits per heavy atom. The standard InChI is InChI=1S/C22H16FN3O2/c1-28-18-8-3-6-16(12-18)21(27)20-13-26(14-25-20)17-7-2-5-15(11-17)19-9-4-10-24-22(19)23/h2-14H,1H3. The summed E-state index contributed by atoms with van der Waals surface area (Å²) in [4.78, 5) is 20.6. The number of ketones is 1. The normalized spacial score (nSPS) is 10.6. The maximum Gasteiger partial charge on any atom is 0.220 e. The second kappa shape index (κ2) is 7.44. The van der Waals surface area contributed by atoms with E-state index < -0.39 is 5.95 Å². The summed E-state index contributed by atoms with van der Waals surface area (Å²) < 4.78 is 20.9. The first-order valence-electron chi connectivity index (χ1n) is 8.60. The van der Waals surface area contributed by atoms with Gasteiger partial charge in [0.05, 0.1) is 7.11 Å².